The van der Waals surface area contributed by atoms with Gasteiger partial charge in [-0.15, -0.1) is 13.2 Å². The van der Waals surface area contributed by atoms with Gasteiger partial charge in [0.1, 0.15) is 5.75 Å². The summed E-state index contributed by atoms with van der Waals surface area (Å²) in [5.41, 5.74) is 2.95. The van der Waals surface area contributed by atoms with Crippen LogP contribution in [-0.2, 0) is 11.3 Å². The van der Waals surface area contributed by atoms with E-state index in [0.29, 0.717) is 44.8 Å². The van der Waals surface area contributed by atoms with E-state index < -0.39 is 12.3 Å². The van der Waals surface area contributed by atoms with E-state index in [9.17, 15) is 18.0 Å². The second-order valence-corrected chi connectivity index (χ2v) is 8.95. The molecule has 182 valence electrons. The minimum atomic E-state index is -4.81. The van der Waals surface area contributed by atoms with E-state index in [1.807, 2.05) is 4.57 Å². The molecule has 12 heteroatoms. The van der Waals surface area contributed by atoms with E-state index in [2.05, 4.69) is 31.0 Å². The highest BCUT2D eigenvalue weighted by atomic mass is 79.9. The smallest absolute Gasteiger partial charge is 0.465 e. The van der Waals surface area contributed by atoms with E-state index in [4.69, 9.17) is 27.9 Å². The maximum Gasteiger partial charge on any atom is 0.573 e. The highest BCUT2D eigenvalue weighted by Gasteiger charge is 2.32. The van der Waals surface area contributed by atoms with Gasteiger partial charge in [0.2, 0.25) is 5.95 Å². The fourth-order valence-electron chi connectivity index (χ4n) is 3.34. The number of anilines is 2. The fraction of sp³-hybridized carbons (Fsp3) is 0.130. The summed E-state index contributed by atoms with van der Waals surface area (Å²) in [6, 6.07) is 14.2. The van der Waals surface area contributed by atoms with Crippen LogP contribution in [0.2, 0.25) is 10.0 Å². The lowest BCUT2D eigenvalue weighted by molar-refractivity contribution is -0.274. The number of carbonyl (C=O) groups excluding carboxylic acids is 1. The number of fused-ring (bicyclic) bond motifs is 1. The Kier molecular flexibility index (Phi) is 7.16. The average molecular weight is 589 g/mol. The summed E-state index contributed by atoms with van der Waals surface area (Å²) in [6.45, 7) is 0.342. The zero-order valence-electron chi connectivity index (χ0n) is 17.8. The second kappa shape index (κ2) is 9.96. The van der Waals surface area contributed by atoms with Crippen LogP contribution in [-0.4, -0.2) is 29.0 Å². The van der Waals surface area contributed by atoms with E-state index in [1.165, 1.54) is 25.3 Å². The summed E-state index contributed by atoms with van der Waals surface area (Å²) in [5.74, 6) is -0.426. The zero-order chi connectivity index (χ0) is 25.3. The maximum atomic E-state index is 12.6. The van der Waals surface area contributed by atoms with Crippen LogP contribution in [0.1, 0.15) is 15.9 Å². The standard InChI is InChI=1S/C23H15BrCl2F3N3O3/c1-34-21(33)13-4-2-12(3-5-13)11-32-19-10-17(26)16(25)9-18(19)31-22(32)30-14-6-7-20(15(24)8-14)35-23(27,28)29/h2-10H,11H2,1H3,(H,30,31). The number of imidazole rings is 1. The molecule has 4 rings (SSSR count). The third kappa shape index (κ3) is 5.83. The number of aromatic nitrogens is 2. The first kappa shape index (κ1) is 25.2. The lowest BCUT2D eigenvalue weighted by Crippen LogP contribution is -2.17. The van der Waals surface area contributed by atoms with Gasteiger partial charge < -0.3 is 19.4 Å². The predicted molar refractivity (Wildman–Crippen MR) is 131 cm³/mol. The lowest BCUT2D eigenvalue weighted by atomic mass is 10.1. The molecule has 0 unspecified atom stereocenters. The highest BCUT2D eigenvalue weighted by Crippen LogP contribution is 2.35. The first-order valence-electron chi connectivity index (χ1n) is 9.89. The summed E-state index contributed by atoms with van der Waals surface area (Å²) < 4.78 is 48.4. The number of hydrogen-bond donors (Lipinski definition) is 1. The number of benzene rings is 3. The van der Waals surface area contributed by atoms with Crippen LogP contribution < -0.4 is 10.1 Å². The van der Waals surface area contributed by atoms with Crippen molar-refractivity contribution in [2.24, 2.45) is 0 Å². The molecular formula is C23H15BrCl2F3N3O3. The van der Waals surface area contributed by atoms with Crippen molar-refractivity contribution in [3.8, 4) is 5.75 Å². The van der Waals surface area contributed by atoms with Crippen molar-refractivity contribution < 1.29 is 27.4 Å². The minimum absolute atomic E-state index is 0.104. The Morgan fingerprint density at radius 1 is 1.09 bits per heavy atom. The van der Waals surface area contributed by atoms with Gasteiger partial charge in [0.05, 0.1) is 44.8 Å². The Morgan fingerprint density at radius 2 is 1.77 bits per heavy atom. The largest absolute Gasteiger partial charge is 0.573 e. The van der Waals surface area contributed by atoms with Gasteiger partial charge in [0, 0.05) is 5.69 Å². The van der Waals surface area contributed by atoms with Crippen LogP contribution >= 0.6 is 39.1 Å². The van der Waals surface area contributed by atoms with E-state index in [-0.39, 0.29) is 10.2 Å². The first-order valence-corrected chi connectivity index (χ1v) is 11.4. The van der Waals surface area contributed by atoms with Crippen molar-refractivity contribution in [3.63, 3.8) is 0 Å². The molecule has 3 aromatic carbocycles. The number of esters is 1. The first-order chi connectivity index (χ1) is 16.5. The fourth-order valence-corrected chi connectivity index (χ4v) is 4.11. The summed E-state index contributed by atoms with van der Waals surface area (Å²) >= 11 is 15.5. The van der Waals surface area contributed by atoms with Crippen LogP contribution in [0.5, 0.6) is 5.75 Å². The van der Waals surface area contributed by atoms with Gasteiger partial charge in [-0.3, -0.25) is 0 Å². The Hall–Kier alpha value is -2.95. The molecule has 0 saturated carbocycles. The molecule has 0 bridgehead atoms. The number of methoxy groups -OCH3 is 1. The number of rotatable bonds is 6. The number of carbonyl (C=O) groups is 1. The van der Waals surface area contributed by atoms with Crippen molar-refractivity contribution in [2.45, 2.75) is 12.9 Å². The Labute approximate surface area is 215 Å². The van der Waals surface area contributed by atoms with Crippen LogP contribution in [0.15, 0.2) is 59.1 Å². The number of ether oxygens (including phenoxy) is 2. The number of alkyl halides is 3. The molecule has 0 atom stereocenters. The molecule has 1 heterocycles. The molecule has 1 N–H and O–H groups in total. The molecule has 0 radical (unpaired) electrons. The van der Waals surface area contributed by atoms with Gasteiger partial charge in [0.25, 0.3) is 0 Å². The Bertz CT molecular complexity index is 1410. The Balaban J connectivity index is 1.70. The molecule has 0 aliphatic heterocycles. The van der Waals surface area contributed by atoms with Crippen molar-refractivity contribution >= 4 is 67.8 Å². The quantitative estimate of drug-likeness (QED) is 0.235. The summed E-state index contributed by atoms with van der Waals surface area (Å²) in [4.78, 5) is 16.3. The van der Waals surface area contributed by atoms with Gasteiger partial charge >= 0.3 is 12.3 Å². The third-order valence-corrected chi connectivity index (χ3v) is 6.26. The van der Waals surface area contributed by atoms with E-state index in [0.717, 1.165) is 5.56 Å². The van der Waals surface area contributed by atoms with Crippen molar-refractivity contribution in [1.82, 2.24) is 9.55 Å². The number of hydrogen-bond acceptors (Lipinski definition) is 5. The van der Waals surface area contributed by atoms with Crippen molar-refractivity contribution in [2.75, 3.05) is 12.4 Å². The molecule has 6 nitrogen and oxygen atoms in total. The summed E-state index contributed by atoms with van der Waals surface area (Å²) in [5, 5.41) is 3.78. The SMILES string of the molecule is COC(=O)c1ccc(Cn2c(Nc3ccc(OC(F)(F)F)c(Br)c3)nc3cc(Cl)c(Cl)cc32)cc1. The summed E-state index contributed by atoms with van der Waals surface area (Å²) in [7, 11) is 1.31. The predicted octanol–water partition coefficient (Wildman–Crippen LogP) is 7.58. The van der Waals surface area contributed by atoms with Crippen LogP contribution in [0.25, 0.3) is 11.0 Å². The van der Waals surface area contributed by atoms with Crippen LogP contribution in [0.4, 0.5) is 24.8 Å². The molecule has 0 aliphatic carbocycles. The Morgan fingerprint density at radius 3 is 2.40 bits per heavy atom. The molecule has 0 fully saturated rings. The number of nitrogens with zero attached hydrogens (tertiary/aromatic N) is 2. The molecule has 1 aromatic heterocycles. The minimum Gasteiger partial charge on any atom is -0.465 e. The molecule has 0 amide bonds. The third-order valence-electron chi connectivity index (χ3n) is 4.92. The molecule has 0 saturated heterocycles. The molecule has 0 aliphatic rings. The van der Waals surface area contributed by atoms with Gasteiger partial charge in [-0.1, -0.05) is 35.3 Å². The lowest BCUT2D eigenvalue weighted by Gasteiger charge is -2.14. The monoisotopic (exact) mass is 587 g/mol. The molecule has 0 spiro atoms. The molecule has 4 aromatic rings. The summed E-state index contributed by atoms with van der Waals surface area (Å²) in [6.07, 6.45) is -4.81. The van der Waals surface area contributed by atoms with E-state index >= 15 is 0 Å². The zero-order valence-corrected chi connectivity index (χ0v) is 20.9. The van der Waals surface area contributed by atoms with Crippen molar-refractivity contribution in [3.05, 3.63) is 80.2 Å². The molecule has 35 heavy (non-hydrogen) atoms. The maximum absolute atomic E-state index is 12.6. The van der Waals surface area contributed by atoms with Gasteiger partial charge in [0.15, 0.2) is 0 Å². The van der Waals surface area contributed by atoms with Gasteiger partial charge in [-0.25, -0.2) is 9.78 Å². The van der Waals surface area contributed by atoms with Crippen molar-refractivity contribution in [1.29, 1.82) is 0 Å². The normalized spacial score (nSPS) is 11.5. The molecular weight excluding hydrogens is 574 g/mol. The van der Waals surface area contributed by atoms with Gasteiger partial charge in [-0.05, 0) is 64.0 Å². The van der Waals surface area contributed by atoms with Crippen LogP contribution in [0, 0.1) is 0 Å². The van der Waals surface area contributed by atoms with E-state index in [1.54, 1.807) is 36.4 Å². The topological polar surface area (TPSA) is 65.4 Å². The number of nitrogens with one attached hydrogen (secondary N) is 1. The van der Waals surface area contributed by atoms with Gasteiger partial charge in [-0.2, -0.15) is 0 Å². The number of halogens is 6. The highest BCUT2D eigenvalue weighted by molar-refractivity contribution is 9.10. The second-order valence-electron chi connectivity index (χ2n) is 7.28. The van der Waals surface area contributed by atoms with Crippen LogP contribution in [0.3, 0.4) is 0 Å². The average Bonchev–Trinajstić information content (AvgIpc) is 3.10.